The van der Waals surface area contributed by atoms with Crippen molar-refractivity contribution in [1.29, 1.82) is 0 Å². The van der Waals surface area contributed by atoms with Crippen molar-refractivity contribution >= 4 is 5.91 Å². The lowest BCUT2D eigenvalue weighted by Gasteiger charge is -2.14. The second-order valence-corrected chi connectivity index (χ2v) is 6.96. The van der Waals surface area contributed by atoms with Gasteiger partial charge in [0.1, 0.15) is 0 Å². The van der Waals surface area contributed by atoms with Gasteiger partial charge in [0, 0.05) is 18.2 Å². The smallest absolute Gasteiger partial charge is 0.255 e. The van der Waals surface area contributed by atoms with Gasteiger partial charge in [-0.15, -0.1) is 0 Å². The van der Waals surface area contributed by atoms with Crippen molar-refractivity contribution in [2.75, 3.05) is 6.61 Å². The molecule has 0 fully saturated rings. The number of carbonyl (C=O) groups is 1. The number of carbonyl (C=O) groups excluding carboxylic acids is 1. The zero-order valence-corrected chi connectivity index (χ0v) is 16.0. The summed E-state index contributed by atoms with van der Waals surface area (Å²) in [5.41, 5.74) is 4.44. The molecule has 4 rings (SSSR count). The second-order valence-electron chi connectivity index (χ2n) is 6.96. The molecular formula is C20H23N5O3. The molecule has 0 unspecified atom stereocenters. The minimum absolute atomic E-state index is 0.0133. The average molecular weight is 381 g/mol. The number of fused-ring (bicyclic) bond motifs is 1. The van der Waals surface area contributed by atoms with E-state index >= 15 is 0 Å². The molecule has 1 atom stereocenters. The van der Waals surface area contributed by atoms with Crippen molar-refractivity contribution < 1.29 is 14.4 Å². The van der Waals surface area contributed by atoms with Crippen LogP contribution in [0, 0.1) is 6.92 Å². The maximum atomic E-state index is 12.7. The quantitative estimate of drug-likeness (QED) is 0.678. The summed E-state index contributed by atoms with van der Waals surface area (Å²) < 4.78 is 6.79. The van der Waals surface area contributed by atoms with Crippen LogP contribution in [-0.4, -0.2) is 37.5 Å². The predicted octanol–water partition coefficient (Wildman–Crippen LogP) is 2.21. The molecule has 0 radical (unpaired) electrons. The van der Waals surface area contributed by atoms with Crippen LogP contribution < -0.4 is 5.32 Å². The van der Waals surface area contributed by atoms with Gasteiger partial charge >= 0.3 is 0 Å². The van der Waals surface area contributed by atoms with Crippen LogP contribution in [0.2, 0.25) is 0 Å². The van der Waals surface area contributed by atoms with Crippen LogP contribution >= 0.6 is 0 Å². The van der Waals surface area contributed by atoms with E-state index in [0.29, 0.717) is 35.9 Å². The van der Waals surface area contributed by atoms with Gasteiger partial charge in [-0.3, -0.25) is 9.48 Å². The Kier molecular flexibility index (Phi) is 4.95. The highest BCUT2D eigenvalue weighted by atomic mass is 16.5. The van der Waals surface area contributed by atoms with E-state index in [1.807, 2.05) is 19.1 Å². The van der Waals surface area contributed by atoms with Crippen LogP contribution in [0.15, 0.2) is 28.9 Å². The van der Waals surface area contributed by atoms with E-state index in [2.05, 4.69) is 26.6 Å². The highest BCUT2D eigenvalue weighted by Crippen LogP contribution is 2.34. The summed E-state index contributed by atoms with van der Waals surface area (Å²) in [5.74, 6) is 1.08. The Bertz CT molecular complexity index is 1010. The van der Waals surface area contributed by atoms with E-state index in [1.165, 1.54) is 5.56 Å². The van der Waals surface area contributed by atoms with Crippen molar-refractivity contribution in [2.45, 2.75) is 45.7 Å². The topological polar surface area (TPSA) is 106 Å². The molecule has 8 nitrogen and oxygen atoms in total. The fourth-order valence-corrected chi connectivity index (χ4v) is 3.62. The minimum atomic E-state index is -0.144. The van der Waals surface area contributed by atoms with Crippen LogP contribution in [0.5, 0.6) is 0 Å². The predicted molar refractivity (Wildman–Crippen MR) is 102 cm³/mol. The highest BCUT2D eigenvalue weighted by Gasteiger charge is 2.26. The third kappa shape index (κ3) is 3.43. The summed E-state index contributed by atoms with van der Waals surface area (Å²) in [4.78, 5) is 17.1. The van der Waals surface area contributed by atoms with Gasteiger partial charge < -0.3 is 14.9 Å². The summed E-state index contributed by atoms with van der Waals surface area (Å²) in [7, 11) is 0. The van der Waals surface area contributed by atoms with Gasteiger partial charge in [-0.05, 0) is 37.0 Å². The fraction of sp³-hybridized carbons (Fsp3) is 0.400. The number of amides is 1. The summed E-state index contributed by atoms with van der Waals surface area (Å²) in [6.45, 7) is 4.13. The number of nitrogens with one attached hydrogen (secondary N) is 1. The first-order valence-corrected chi connectivity index (χ1v) is 9.50. The van der Waals surface area contributed by atoms with Gasteiger partial charge in [-0.25, -0.2) is 0 Å². The number of nitrogens with zero attached hydrogens (tertiary/aromatic N) is 4. The molecule has 0 saturated heterocycles. The monoisotopic (exact) mass is 381 g/mol. The minimum Gasteiger partial charge on any atom is -0.394 e. The summed E-state index contributed by atoms with van der Waals surface area (Å²) in [6.07, 6.45) is 4.12. The van der Waals surface area contributed by atoms with E-state index in [0.717, 1.165) is 24.0 Å². The van der Waals surface area contributed by atoms with Crippen molar-refractivity contribution in [2.24, 2.45) is 0 Å². The van der Waals surface area contributed by atoms with Crippen LogP contribution in [0.4, 0.5) is 0 Å². The number of aliphatic hydroxyl groups is 1. The Hall–Kier alpha value is -3.00. The first-order valence-electron chi connectivity index (χ1n) is 9.50. The summed E-state index contributed by atoms with van der Waals surface area (Å²) in [6, 6.07) is 6.05. The molecule has 3 aromatic rings. The molecule has 2 N–H and O–H groups in total. The molecule has 8 heteroatoms. The van der Waals surface area contributed by atoms with Gasteiger partial charge in [0.05, 0.1) is 30.5 Å². The Morgan fingerprint density at radius 3 is 3.04 bits per heavy atom. The molecule has 1 aliphatic carbocycles. The zero-order chi connectivity index (χ0) is 19.7. The molecule has 1 aromatic carbocycles. The molecular weight excluding hydrogens is 358 g/mol. The first-order chi connectivity index (χ1) is 13.6. The molecule has 0 saturated carbocycles. The Balaban J connectivity index is 1.51. The van der Waals surface area contributed by atoms with E-state index in [4.69, 9.17) is 9.63 Å². The van der Waals surface area contributed by atoms with Gasteiger partial charge in [0.25, 0.3) is 5.91 Å². The van der Waals surface area contributed by atoms with Gasteiger partial charge in [0.15, 0.2) is 0 Å². The fourth-order valence-electron chi connectivity index (χ4n) is 3.62. The number of aromatic nitrogens is 4. The van der Waals surface area contributed by atoms with Gasteiger partial charge in [-0.2, -0.15) is 10.1 Å². The van der Waals surface area contributed by atoms with Gasteiger partial charge in [-0.1, -0.05) is 24.2 Å². The number of hydrogen-bond donors (Lipinski definition) is 2. The average Bonchev–Trinajstić information content (AvgIpc) is 3.40. The third-order valence-corrected chi connectivity index (χ3v) is 5.07. The number of rotatable bonds is 6. The van der Waals surface area contributed by atoms with Crippen molar-refractivity contribution in [3.63, 3.8) is 0 Å². The van der Waals surface area contributed by atoms with E-state index in [1.54, 1.807) is 17.8 Å². The molecule has 146 valence electrons. The SMILES string of the molecule is CCc1nc(-c2ccc3c(c2)CC[C@H]3NC(=O)c2cn(CCO)nc2C)no1. The zero-order valence-electron chi connectivity index (χ0n) is 16.0. The molecule has 0 bridgehead atoms. The van der Waals surface area contributed by atoms with Crippen molar-refractivity contribution in [1.82, 2.24) is 25.2 Å². The first kappa shape index (κ1) is 18.4. The van der Waals surface area contributed by atoms with Crippen LogP contribution in [0.1, 0.15) is 52.5 Å². The van der Waals surface area contributed by atoms with Crippen LogP contribution in [0.25, 0.3) is 11.4 Å². The molecule has 0 aliphatic heterocycles. The lowest BCUT2D eigenvalue weighted by Crippen LogP contribution is -2.27. The Labute approximate surface area is 162 Å². The third-order valence-electron chi connectivity index (χ3n) is 5.07. The molecule has 2 aromatic heterocycles. The summed E-state index contributed by atoms with van der Waals surface area (Å²) in [5, 5.41) is 20.5. The van der Waals surface area contributed by atoms with Crippen LogP contribution in [0.3, 0.4) is 0 Å². The van der Waals surface area contributed by atoms with Crippen molar-refractivity contribution in [3.05, 3.63) is 52.7 Å². The lowest BCUT2D eigenvalue weighted by atomic mass is 10.0. The normalized spacial score (nSPS) is 15.6. The van der Waals surface area contributed by atoms with E-state index in [-0.39, 0.29) is 18.6 Å². The van der Waals surface area contributed by atoms with Crippen LogP contribution in [-0.2, 0) is 19.4 Å². The second kappa shape index (κ2) is 7.55. The summed E-state index contributed by atoms with van der Waals surface area (Å²) >= 11 is 0. The number of benzene rings is 1. The largest absolute Gasteiger partial charge is 0.394 e. The lowest BCUT2D eigenvalue weighted by molar-refractivity contribution is 0.0936. The molecule has 1 aliphatic rings. The molecule has 0 spiro atoms. The Morgan fingerprint density at radius 1 is 1.43 bits per heavy atom. The Morgan fingerprint density at radius 2 is 2.29 bits per heavy atom. The maximum Gasteiger partial charge on any atom is 0.255 e. The highest BCUT2D eigenvalue weighted by molar-refractivity contribution is 5.95. The number of hydrogen-bond acceptors (Lipinski definition) is 6. The van der Waals surface area contributed by atoms with Gasteiger partial charge in [0.2, 0.25) is 11.7 Å². The standard InChI is InChI=1S/C20H23N5O3/c1-3-18-22-19(24-28-18)14-4-6-15-13(10-14)5-7-17(15)21-20(27)16-11-25(8-9-26)23-12(16)2/h4,6,10-11,17,26H,3,5,7-9H2,1-2H3,(H,21,27)/t17-/m1/s1. The van der Waals surface area contributed by atoms with Crippen molar-refractivity contribution in [3.8, 4) is 11.4 Å². The molecule has 2 heterocycles. The molecule has 28 heavy (non-hydrogen) atoms. The van der Waals surface area contributed by atoms with E-state index < -0.39 is 0 Å². The molecule has 1 amide bonds. The maximum absolute atomic E-state index is 12.7. The van der Waals surface area contributed by atoms with E-state index in [9.17, 15) is 4.79 Å². The number of aryl methyl sites for hydroxylation is 3. The number of aliphatic hydroxyl groups excluding tert-OH is 1.